The molecule has 1 aromatic heterocycles. The summed E-state index contributed by atoms with van der Waals surface area (Å²) < 4.78 is 25.9. The van der Waals surface area contributed by atoms with Crippen molar-refractivity contribution >= 4 is 15.7 Å². The van der Waals surface area contributed by atoms with Crippen molar-refractivity contribution in [3.63, 3.8) is 0 Å². The molecular formula is C14H18N4O3S. The van der Waals surface area contributed by atoms with Gasteiger partial charge in [0.1, 0.15) is 11.6 Å². The molecule has 2 rings (SSSR count). The van der Waals surface area contributed by atoms with Crippen LogP contribution in [0.25, 0.3) is 0 Å². The van der Waals surface area contributed by atoms with Crippen molar-refractivity contribution in [3.8, 4) is 0 Å². The number of hydrogen-bond donors (Lipinski definition) is 1. The molecule has 0 aliphatic rings. The quantitative estimate of drug-likeness (QED) is 0.827. The molecule has 0 radical (unpaired) electrons. The molecule has 22 heavy (non-hydrogen) atoms. The van der Waals surface area contributed by atoms with E-state index in [1.807, 2.05) is 30.3 Å². The van der Waals surface area contributed by atoms with Crippen LogP contribution in [0, 0.1) is 0 Å². The fraction of sp³-hybridized carbons (Fsp3) is 0.357. The van der Waals surface area contributed by atoms with Crippen LogP contribution in [-0.2, 0) is 28.1 Å². The van der Waals surface area contributed by atoms with Crippen molar-refractivity contribution in [2.75, 3.05) is 6.54 Å². The number of amides is 1. The molecule has 1 amide bonds. The van der Waals surface area contributed by atoms with Gasteiger partial charge in [-0.1, -0.05) is 30.3 Å². The fourth-order valence-corrected chi connectivity index (χ4v) is 3.24. The van der Waals surface area contributed by atoms with E-state index in [0.717, 1.165) is 5.56 Å². The summed E-state index contributed by atoms with van der Waals surface area (Å²) in [6, 6.07) is 9.64. The molecule has 0 bridgehead atoms. The normalized spacial score (nSPS) is 12.8. The van der Waals surface area contributed by atoms with E-state index in [2.05, 4.69) is 15.5 Å². The number of nitrogens with zero attached hydrogens (tertiary/aromatic N) is 3. The summed E-state index contributed by atoms with van der Waals surface area (Å²) in [4.78, 5) is 12.0. The van der Waals surface area contributed by atoms with Crippen LogP contribution in [0.3, 0.4) is 0 Å². The number of rotatable bonds is 6. The predicted octanol–water partition coefficient (Wildman–Crippen LogP) is 0.336. The van der Waals surface area contributed by atoms with Gasteiger partial charge in [-0.05, 0) is 18.9 Å². The third kappa shape index (κ3) is 3.51. The monoisotopic (exact) mass is 322 g/mol. The second kappa shape index (κ2) is 6.69. The van der Waals surface area contributed by atoms with Crippen molar-refractivity contribution in [1.82, 2.24) is 20.1 Å². The van der Waals surface area contributed by atoms with Gasteiger partial charge in [0.2, 0.25) is 20.9 Å². The number of aromatic nitrogens is 3. The van der Waals surface area contributed by atoms with E-state index in [4.69, 9.17) is 0 Å². The maximum atomic E-state index is 12.3. The van der Waals surface area contributed by atoms with E-state index in [1.165, 1.54) is 24.9 Å². The Bertz CT molecular complexity index is 740. The molecule has 8 heteroatoms. The Balaban J connectivity index is 1.96. The van der Waals surface area contributed by atoms with E-state index in [1.54, 1.807) is 0 Å². The Labute approximate surface area is 129 Å². The van der Waals surface area contributed by atoms with Crippen molar-refractivity contribution in [2.24, 2.45) is 7.05 Å². The lowest BCUT2D eigenvalue weighted by Gasteiger charge is -2.12. The molecule has 118 valence electrons. The third-order valence-corrected chi connectivity index (χ3v) is 5.34. The number of carbonyl (C=O) groups excluding carboxylic acids is 1. The van der Waals surface area contributed by atoms with Gasteiger partial charge in [-0.2, -0.15) is 0 Å². The molecule has 0 spiro atoms. The van der Waals surface area contributed by atoms with E-state index in [0.29, 0.717) is 13.0 Å². The molecule has 0 saturated heterocycles. The van der Waals surface area contributed by atoms with E-state index < -0.39 is 21.0 Å². The summed E-state index contributed by atoms with van der Waals surface area (Å²) in [6.07, 6.45) is 1.93. The molecule has 7 nitrogen and oxygen atoms in total. The minimum absolute atomic E-state index is 0.210. The van der Waals surface area contributed by atoms with Crippen LogP contribution in [0.15, 0.2) is 41.8 Å². The molecule has 0 aliphatic carbocycles. The van der Waals surface area contributed by atoms with Crippen LogP contribution >= 0.6 is 0 Å². The highest BCUT2D eigenvalue weighted by Gasteiger charge is 2.33. The van der Waals surface area contributed by atoms with Crippen LogP contribution < -0.4 is 5.32 Å². The Morgan fingerprint density at radius 1 is 1.32 bits per heavy atom. The zero-order valence-corrected chi connectivity index (χ0v) is 13.2. The van der Waals surface area contributed by atoms with Crippen LogP contribution in [0.2, 0.25) is 0 Å². The Morgan fingerprint density at radius 2 is 2.00 bits per heavy atom. The first-order valence-corrected chi connectivity index (χ1v) is 8.37. The Hall–Kier alpha value is -2.22. The van der Waals surface area contributed by atoms with Gasteiger partial charge >= 0.3 is 0 Å². The van der Waals surface area contributed by atoms with E-state index in [9.17, 15) is 13.2 Å². The zero-order chi connectivity index (χ0) is 16.2. The average molecular weight is 322 g/mol. The SMILES string of the molecule is C[C@@H](C(=O)NCCc1ccccc1)S(=O)(=O)c1nncn1C. The number of sulfone groups is 1. The molecule has 1 aromatic carbocycles. The van der Waals surface area contributed by atoms with Gasteiger partial charge in [0.25, 0.3) is 0 Å². The minimum Gasteiger partial charge on any atom is -0.355 e. The van der Waals surface area contributed by atoms with Crippen molar-refractivity contribution in [2.45, 2.75) is 23.8 Å². The third-order valence-electron chi connectivity index (χ3n) is 3.31. The van der Waals surface area contributed by atoms with Gasteiger partial charge in [0, 0.05) is 13.6 Å². The van der Waals surface area contributed by atoms with Crippen LogP contribution in [0.4, 0.5) is 0 Å². The highest BCUT2D eigenvalue weighted by Crippen LogP contribution is 2.12. The summed E-state index contributed by atoms with van der Waals surface area (Å²) in [6.45, 7) is 1.73. The Kier molecular flexibility index (Phi) is 4.92. The second-order valence-electron chi connectivity index (χ2n) is 4.94. The maximum absolute atomic E-state index is 12.3. The van der Waals surface area contributed by atoms with E-state index in [-0.39, 0.29) is 5.16 Å². The molecule has 0 fully saturated rings. The van der Waals surface area contributed by atoms with Gasteiger partial charge in [0.15, 0.2) is 0 Å². The first kappa shape index (κ1) is 16.2. The van der Waals surface area contributed by atoms with Gasteiger partial charge in [-0.25, -0.2) is 8.42 Å². The summed E-state index contributed by atoms with van der Waals surface area (Å²) >= 11 is 0. The Morgan fingerprint density at radius 3 is 2.59 bits per heavy atom. The van der Waals surface area contributed by atoms with Crippen molar-refractivity contribution in [3.05, 3.63) is 42.2 Å². The molecule has 0 unspecified atom stereocenters. The lowest BCUT2D eigenvalue weighted by molar-refractivity contribution is -0.120. The molecule has 0 aliphatic heterocycles. The van der Waals surface area contributed by atoms with Gasteiger partial charge < -0.3 is 9.88 Å². The summed E-state index contributed by atoms with van der Waals surface area (Å²) in [5.41, 5.74) is 1.08. The summed E-state index contributed by atoms with van der Waals surface area (Å²) in [5, 5.41) is 8.31. The van der Waals surface area contributed by atoms with E-state index >= 15 is 0 Å². The van der Waals surface area contributed by atoms with Crippen LogP contribution in [-0.4, -0.2) is 40.9 Å². The number of hydrogen-bond acceptors (Lipinski definition) is 5. The van der Waals surface area contributed by atoms with Gasteiger partial charge in [-0.3, -0.25) is 4.79 Å². The van der Waals surface area contributed by atoms with Crippen molar-refractivity contribution in [1.29, 1.82) is 0 Å². The largest absolute Gasteiger partial charge is 0.355 e. The van der Waals surface area contributed by atoms with Crippen LogP contribution in [0.5, 0.6) is 0 Å². The predicted molar refractivity (Wildman–Crippen MR) is 80.8 cm³/mol. The first-order chi connectivity index (χ1) is 10.4. The highest BCUT2D eigenvalue weighted by molar-refractivity contribution is 7.92. The molecule has 1 atom stereocenters. The topological polar surface area (TPSA) is 93.9 Å². The molecule has 0 saturated carbocycles. The standard InChI is InChI=1S/C14H18N4O3S/c1-11(22(20,21)14-17-16-10-18(14)2)13(19)15-9-8-12-6-4-3-5-7-12/h3-7,10-11H,8-9H2,1-2H3,(H,15,19)/t11-/m0/s1. The summed E-state index contributed by atoms with van der Waals surface area (Å²) in [5.74, 6) is -0.543. The highest BCUT2D eigenvalue weighted by atomic mass is 32.2. The lowest BCUT2D eigenvalue weighted by atomic mass is 10.1. The number of benzene rings is 1. The fourth-order valence-electron chi connectivity index (χ4n) is 1.95. The number of aryl methyl sites for hydroxylation is 1. The maximum Gasteiger partial charge on any atom is 0.250 e. The second-order valence-corrected chi connectivity index (χ2v) is 7.10. The number of carbonyl (C=O) groups is 1. The zero-order valence-electron chi connectivity index (χ0n) is 12.4. The molecule has 2 aromatic rings. The molecular weight excluding hydrogens is 304 g/mol. The first-order valence-electron chi connectivity index (χ1n) is 6.82. The van der Waals surface area contributed by atoms with Gasteiger partial charge in [0.05, 0.1) is 0 Å². The lowest BCUT2D eigenvalue weighted by Crippen LogP contribution is -2.39. The molecule has 1 N–H and O–H groups in total. The van der Waals surface area contributed by atoms with Crippen molar-refractivity contribution < 1.29 is 13.2 Å². The molecule has 1 heterocycles. The van der Waals surface area contributed by atoms with Gasteiger partial charge in [-0.15, -0.1) is 10.2 Å². The summed E-state index contributed by atoms with van der Waals surface area (Å²) in [7, 11) is -2.32. The number of nitrogens with one attached hydrogen (secondary N) is 1. The average Bonchev–Trinajstić information content (AvgIpc) is 2.94. The smallest absolute Gasteiger partial charge is 0.250 e. The minimum atomic E-state index is -3.84. The van der Waals surface area contributed by atoms with Crippen LogP contribution in [0.1, 0.15) is 12.5 Å².